The molecular formula is C21H29N3O4. The highest BCUT2D eigenvalue weighted by molar-refractivity contribution is 6.12. The SMILES string of the molecule is COCCCn1c(C)cc(C(=O)CN2C(=O)NC(C3CC3)(C3CC3)C2=O)c1C. The lowest BCUT2D eigenvalue weighted by Crippen LogP contribution is -2.51. The van der Waals surface area contributed by atoms with Crippen LogP contribution in [-0.4, -0.2) is 53.0 Å². The van der Waals surface area contributed by atoms with Gasteiger partial charge in [0.2, 0.25) is 0 Å². The molecule has 2 heterocycles. The molecule has 1 N–H and O–H groups in total. The van der Waals surface area contributed by atoms with Gasteiger partial charge in [-0.2, -0.15) is 0 Å². The first-order valence-electron chi connectivity index (χ1n) is 10.2. The zero-order valence-electron chi connectivity index (χ0n) is 16.9. The van der Waals surface area contributed by atoms with Gasteiger partial charge in [-0.1, -0.05) is 0 Å². The molecule has 1 aromatic heterocycles. The predicted octanol–water partition coefficient (Wildman–Crippen LogP) is 2.43. The van der Waals surface area contributed by atoms with Gasteiger partial charge in [0.1, 0.15) is 5.54 Å². The number of rotatable bonds is 9. The molecule has 2 aliphatic carbocycles. The van der Waals surface area contributed by atoms with Gasteiger partial charge in [-0.3, -0.25) is 14.5 Å². The highest BCUT2D eigenvalue weighted by Crippen LogP contribution is 2.54. The second kappa shape index (κ2) is 7.03. The van der Waals surface area contributed by atoms with E-state index in [1.165, 1.54) is 0 Å². The number of Topliss-reactive ketones (excluding diaryl/α,β-unsaturated/α-hetero) is 1. The third kappa shape index (κ3) is 3.05. The lowest BCUT2D eigenvalue weighted by atomic mass is 9.87. The van der Waals surface area contributed by atoms with E-state index in [1.54, 1.807) is 7.11 Å². The summed E-state index contributed by atoms with van der Waals surface area (Å²) in [6, 6.07) is 1.45. The number of carbonyl (C=O) groups excluding carboxylic acids is 3. The maximum atomic E-state index is 13.2. The Balaban J connectivity index is 1.50. The van der Waals surface area contributed by atoms with Crippen LogP contribution in [-0.2, 0) is 16.1 Å². The number of carbonyl (C=O) groups is 3. The Labute approximate surface area is 165 Å². The summed E-state index contributed by atoms with van der Waals surface area (Å²) in [5.41, 5.74) is 1.72. The number of methoxy groups -OCH3 is 1. The van der Waals surface area contributed by atoms with Crippen molar-refractivity contribution >= 4 is 17.7 Å². The van der Waals surface area contributed by atoms with Gasteiger partial charge in [-0.25, -0.2) is 4.79 Å². The summed E-state index contributed by atoms with van der Waals surface area (Å²) >= 11 is 0. The molecule has 1 saturated heterocycles. The third-order valence-electron chi connectivity index (χ3n) is 6.51. The van der Waals surface area contributed by atoms with Crippen LogP contribution in [0.3, 0.4) is 0 Å². The quantitative estimate of drug-likeness (QED) is 0.401. The largest absolute Gasteiger partial charge is 0.385 e. The topological polar surface area (TPSA) is 80.6 Å². The van der Waals surface area contributed by atoms with E-state index < -0.39 is 11.6 Å². The molecule has 0 spiro atoms. The Morgan fingerprint density at radius 2 is 1.86 bits per heavy atom. The Bertz CT molecular complexity index is 808. The van der Waals surface area contributed by atoms with Crippen molar-refractivity contribution in [2.45, 2.75) is 58.0 Å². The lowest BCUT2D eigenvalue weighted by Gasteiger charge is -2.26. The minimum Gasteiger partial charge on any atom is -0.385 e. The molecule has 0 atom stereocenters. The molecule has 4 rings (SSSR count). The monoisotopic (exact) mass is 387 g/mol. The van der Waals surface area contributed by atoms with E-state index >= 15 is 0 Å². The Hall–Kier alpha value is -2.15. The van der Waals surface area contributed by atoms with E-state index in [0.717, 1.165) is 54.9 Å². The highest BCUT2D eigenvalue weighted by atomic mass is 16.5. The standard InChI is InChI=1S/C21H29N3O4/c1-13-11-17(14(2)23(13)9-4-10-28-3)18(25)12-24-19(26)21(15-5-6-15,16-7-8-16)22-20(24)27/h11,15-16H,4-10,12H2,1-3H3,(H,22,27). The molecule has 3 fully saturated rings. The summed E-state index contributed by atoms with van der Waals surface area (Å²) < 4.78 is 7.20. The van der Waals surface area contributed by atoms with Gasteiger partial charge in [-0.15, -0.1) is 0 Å². The van der Waals surface area contributed by atoms with E-state index in [-0.39, 0.29) is 30.1 Å². The van der Waals surface area contributed by atoms with Crippen molar-refractivity contribution in [2.75, 3.05) is 20.3 Å². The number of aromatic nitrogens is 1. The number of imide groups is 1. The first-order chi connectivity index (χ1) is 13.4. The van der Waals surface area contributed by atoms with Crippen LogP contribution in [0.25, 0.3) is 0 Å². The van der Waals surface area contributed by atoms with Crippen LogP contribution in [0.2, 0.25) is 0 Å². The normalized spacial score (nSPS) is 21.3. The molecular weight excluding hydrogens is 358 g/mol. The van der Waals surface area contributed by atoms with Crippen LogP contribution >= 0.6 is 0 Å². The number of urea groups is 1. The van der Waals surface area contributed by atoms with E-state index in [4.69, 9.17) is 4.74 Å². The summed E-state index contributed by atoms with van der Waals surface area (Å²) in [5.74, 6) is 0.103. The average Bonchev–Trinajstić information content (AvgIpc) is 3.57. The molecule has 0 aromatic carbocycles. The zero-order chi connectivity index (χ0) is 20.1. The Morgan fingerprint density at radius 3 is 2.43 bits per heavy atom. The highest BCUT2D eigenvalue weighted by Gasteiger charge is 2.65. The van der Waals surface area contributed by atoms with E-state index in [0.29, 0.717) is 12.2 Å². The van der Waals surface area contributed by atoms with Gasteiger partial charge >= 0.3 is 6.03 Å². The summed E-state index contributed by atoms with van der Waals surface area (Å²) in [6.45, 7) is 5.13. The molecule has 1 aliphatic heterocycles. The third-order valence-corrected chi connectivity index (χ3v) is 6.51. The van der Waals surface area contributed by atoms with Gasteiger partial charge in [0, 0.05) is 37.2 Å². The Morgan fingerprint density at radius 1 is 1.21 bits per heavy atom. The fourth-order valence-electron chi connectivity index (χ4n) is 4.74. The molecule has 0 bridgehead atoms. The lowest BCUT2D eigenvalue weighted by molar-refractivity contribution is -0.132. The summed E-state index contributed by atoms with van der Waals surface area (Å²) in [5, 5.41) is 2.98. The molecule has 0 unspecified atom stereocenters. The van der Waals surface area contributed by atoms with Crippen LogP contribution in [0.1, 0.15) is 53.8 Å². The van der Waals surface area contributed by atoms with Crippen molar-refractivity contribution in [3.8, 4) is 0 Å². The molecule has 3 amide bonds. The van der Waals surface area contributed by atoms with E-state index in [9.17, 15) is 14.4 Å². The molecule has 0 radical (unpaired) electrons. The molecule has 152 valence electrons. The van der Waals surface area contributed by atoms with Gasteiger partial charge in [0.25, 0.3) is 5.91 Å². The zero-order valence-corrected chi connectivity index (χ0v) is 16.9. The summed E-state index contributed by atoms with van der Waals surface area (Å²) in [7, 11) is 1.67. The maximum Gasteiger partial charge on any atom is 0.325 e. The minimum atomic E-state index is -0.742. The summed E-state index contributed by atoms with van der Waals surface area (Å²) in [4.78, 5) is 39.9. The summed E-state index contributed by atoms with van der Waals surface area (Å²) in [6.07, 6.45) is 4.78. The first-order valence-corrected chi connectivity index (χ1v) is 10.2. The van der Waals surface area contributed by atoms with Crippen molar-refractivity contribution in [3.05, 3.63) is 23.0 Å². The van der Waals surface area contributed by atoms with Gasteiger partial charge in [0.15, 0.2) is 5.78 Å². The second-order valence-electron chi connectivity index (χ2n) is 8.44. The number of amides is 3. The van der Waals surface area contributed by atoms with Crippen LogP contribution in [0, 0.1) is 25.7 Å². The van der Waals surface area contributed by atoms with Gasteiger partial charge in [0.05, 0.1) is 6.54 Å². The van der Waals surface area contributed by atoms with E-state index in [2.05, 4.69) is 9.88 Å². The average molecular weight is 387 g/mol. The van der Waals surface area contributed by atoms with Crippen molar-refractivity contribution < 1.29 is 19.1 Å². The smallest absolute Gasteiger partial charge is 0.325 e. The van der Waals surface area contributed by atoms with Gasteiger partial charge in [-0.05, 0) is 63.9 Å². The minimum absolute atomic E-state index is 0.183. The fraction of sp³-hybridized carbons (Fsp3) is 0.667. The van der Waals surface area contributed by atoms with Gasteiger partial charge < -0.3 is 14.6 Å². The Kier molecular flexibility index (Phi) is 4.81. The van der Waals surface area contributed by atoms with E-state index in [1.807, 2.05) is 19.9 Å². The van der Waals surface area contributed by atoms with Crippen molar-refractivity contribution in [2.24, 2.45) is 11.8 Å². The number of hydrogen-bond acceptors (Lipinski definition) is 4. The molecule has 7 nitrogen and oxygen atoms in total. The predicted molar refractivity (Wildman–Crippen MR) is 103 cm³/mol. The van der Waals surface area contributed by atoms with Crippen LogP contribution in [0.4, 0.5) is 4.79 Å². The molecule has 28 heavy (non-hydrogen) atoms. The number of hydrogen-bond donors (Lipinski definition) is 1. The number of nitrogens with one attached hydrogen (secondary N) is 1. The van der Waals surface area contributed by atoms with Crippen LogP contribution in [0.5, 0.6) is 0 Å². The first kappa shape index (κ1) is 19.2. The van der Waals surface area contributed by atoms with Crippen LogP contribution in [0.15, 0.2) is 6.07 Å². The number of ketones is 1. The second-order valence-corrected chi connectivity index (χ2v) is 8.44. The van der Waals surface area contributed by atoms with Crippen molar-refractivity contribution in [3.63, 3.8) is 0 Å². The fourth-order valence-corrected chi connectivity index (χ4v) is 4.74. The number of aryl methyl sites for hydroxylation is 1. The maximum absolute atomic E-state index is 13.2. The van der Waals surface area contributed by atoms with Crippen LogP contribution < -0.4 is 5.32 Å². The molecule has 1 aromatic rings. The number of ether oxygens (including phenoxy) is 1. The molecule has 2 saturated carbocycles. The number of nitrogens with zero attached hydrogens (tertiary/aromatic N) is 2. The van der Waals surface area contributed by atoms with Crippen molar-refractivity contribution in [1.82, 2.24) is 14.8 Å². The molecule has 3 aliphatic rings. The molecule has 7 heteroatoms. The van der Waals surface area contributed by atoms with Crippen molar-refractivity contribution in [1.29, 1.82) is 0 Å².